The third-order valence-corrected chi connectivity index (χ3v) is 8.02. The van der Waals surface area contributed by atoms with E-state index in [1.165, 1.54) is 0 Å². The molecule has 2 amide bonds. The number of fused-ring (bicyclic) bond motifs is 4. The molecule has 0 spiro atoms. The SMILES string of the molecule is CC1(C)CC(N2CC(=O)N3C(Cc4c([nH]c5ccccc45)C3c3ccccc3)C2=O)CC(C)(C)N1. The van der Waals surface area contributed by atoms with Gasteiger partial charge in [0.1, 0.15) is 12.6 Å². The summed E-state index contributed by atoms with van der Waals surface area (Å²) in [4.78, 5) is 35.4. The highest BCUT2D eigenvalue weighted by atomic mass is 16.2. The van der Waals surface area contributed by atoms with Crippen LogP contribution in [0, 0.1) is 0 Å². The van der Waals surface area contributed by atoms with Gasteiger partial charge in [0.25, 0.3) is 0 Å². The molecule has 0 saturated carbocycles. The fraction of sp³-hybridized carbons (Fsp3) is 0.448. The maximum Gasteiger partial charge on any atom is 0.246 e. The number of hydrogen-bond donors (Lipinski definition) is 2. The van der Waals surface area contributed by atoms with E-state index in [0.29, 0.717) is 6.42 Å². The molecule has 2 aromatic carbocycles. The number of aromatic amines is 1. The average molecular weight is 471 g/mol. The molecule has 2 N–H and O–H groups in total. The van der Waals surface area contributed by atoms with Gasteiger partial charge in [-0.2, -0.15) is 0 Å². The van der Waals surface area contributed by atoms with E-state index >= 15 is 0 Å². The molecule has 3 aliphatic rings. The van der Waals surface area contributed by atoms with E-state index in [9.17, 15) is 9.59 Å². The van der Waals surface area contributed by atoms with Crippen LogP contribution in [0.4, 0.5) is 0 Å². The summed E-state index contributed by atoms with van der Waals surface area (Å²) in [7, 11) is 0. The fourth-order valence-corrected chi connectivity index (χ4v) is 7.07. The van der Waals surface area contributed by atoms with Gasteiger partial charge >= 0.3 is 0 Å². The van der Waals surface area contributed by atoms with Crippen molar-refractivity contribution in [3.63, 3.8) is 0 Å². The molecule has 2 atom stereocenters. The second kappa shape index (κ2) is 7.69. The van der Waals surface area contributed by atoms with Crippen molar-refractivity contribution in [3.05, 3.63) is 71.4 Å². The monoisotopic (exact) mass is 470 g/mol. The van der Waals surface area contributed by atoms with Crippen molar-refractivity contribution < 1.29 is 9.59 Å². The normalized spacial score (nSPS) is 26.1. The maximum absolute atomic E-state index is 14.2. The zero-order chi connectivity index (χ0) is 24.5. The first-order valence-electron chi connectivity index (χ1n) is 12.7. The lowest BCUT2D eigenvalue weighted by Gasteiger charge is -2.53. The Kier molecular flexibility index (Phi) is 4.91. The molecular weight excluding hydrogens is 436 g/mol. The Morgan fingerprint density at radius 1 is 0.886 bits per heavy atom. The molecule has 4 heterocycles. The molecule has 1 aromatic heterocycles. The predicted molar refractivity (Wildman–Crippen MR) is 137 cm³/mol. The quantitative estimate of drug-likeness (QED) is 0.591. The van der Waals surface area contributed by atoms with Crippen LogP contribution in [-0.4, -0.2) is 56.3 Å². The minimum absolute atomic E-state index is 0.0295. The van der Waals surface area contributed by atoms with Gasteiger partial charge in [-0.25, -0.2) is 0 Å². The number of piperidine rings is 1. The van der Waals surface area contributed by atoms with Gasteiger partial charge in [0.15, 0.2) is 0 Å². The minimum atomic E-state index is -0.491. The highest BCUT2D eigenvalue weighted by Crippen LogP contribution is 2.43. The van der Waals surface area contributed by atoms with Crippen LogP contribution in [0.15, 0.2) is 54.6 Å². The number of H-pyrrole nitrogens is 1. The van der Waals surface area contributed by atoms with Crippen molar-refractivity contribution in [2.45, 2.75) is 76.2 Å². The molecule has 6 nitrogen and oxygen atoms in total. The molecule has 6 heteroatoms. The topological polar surface area (TPSA) is 68.4 Å². The van der Waals surface area contributed by atoms with Crippen molar-refractivity contribution in [2.75, 3.05) is 6.54 Å². The number of carbonyl (C=O) groups is 2. The van der Waals surface area contributed by atoms with Crippen molar-refractivity contribution >= 4 is 22.7 Å². The lowest BCUT2D eigenvalue weighted by atomic mass is 9.78. The molecule has 182 valence electrons. The van der Waals surface area contributed by atoms with Crippen LogP contribution in [0.1, 0.15) is 63.4 Å². The smallest absolute Gasteiger partial charge is 0.246 e. The van der Waals surface area contributed by atoms with Gasteiger partial charge in [0.05, 0.1) is 6.04 Å². The number of nitrogens with one attached hydrogen (secondary N) is 2. The number of rotatable bonds is 2. The van der Waals surface area contributed by atoms with Gasteiger partial charge in [-0.3, -0.25) is 9.59 Å². The molecule has 2 unspecified atom stereocenters. The number of hydrogen-bond acceptors (Lipinski definition) is 3. The van der Waals surface area contributed by atoms with Gasteiger partial charge in [0.2, 0.25) is 11.8 Å². The van der Waals surface area contributed by atoms with Crippen LogP contribution in [0.3, 0.4) is 0 Å². The zero-order valence-corrected chi connectivity index (χ0v) is 21.0. The van der Waals surface area contributed by atoms with Crippen molar-refractivity contribution in [3.8, 4) is 0 Å². The Bertz CT molecular complexity index is 1290. The first-order chi connectivity index (χ1) is 16.6. The molecule has 35 heavy (non-hydrogen) atoms. The summed E-state index contributed by atoms with van der Waals surface area (Å²) in [6.45, 7) is 8.90. The van der Waals surface area contributed by atoms with E-state index in [4.69, 9.17) is 0 Å². The van der Waals surface area contributed by atoms with Crippen molar-refractivity contribution in [1.82, 2.24) is 20.1 Å². The summed E-state index contributed by atoms with van der Waals surface area (Å²) < 4.78 is 0. The van der Waals surface area contributed by atoms with Crippen LogP contribution >= 0.6 is 0 Å². The highest BCUT2D eigenvalue weighted by molar-refractivity contribution is 5.97. The average Bonchev–Trinajstić information content (AvgIpc) is 3.17. The fourth-order valence-electron chi connectivity index (χ4n) is 7.07. The molecule has 0 radical (unpaired) electrons. The molecular formula is C29H34N4O2. The second-order valence-corrected chi connectivity index (χ2v) is 11.8. The first kappa shape index (κ1) is 22.4. The third-order valence-electron chi connectivity index (χ3n) is 8.02. The number of piperazine rings is 1. The van der Waals surface area contributed by atoms with Gasteiger partial charge in [-0.05, 0) is 57.7 Å². The van der Waals surface area contributed by atoms with Gasteiger partial charge < -0.3 is 20.1 Å². The highest BCUT2D eigenvalue weighted by Gasteiger charge is 2.51. The third kappa shape index (κ3) is 3.66. The molecule has 2 saturated heterocycles. The molecule has 6 rings (SSSR count). The van der Waals surface area contributed by atoms with Crippen molar-refractivity contribution in [2.24, 2.45) is 0 Å². The first-order valence-corrected chi connectivity index (χ1v) is 12.7. The maximum atomic E-state index is 14.2. The van der Waals surface area contributed by atoms with Gasteiger partial charge in [-0.1, -0.05) is 48.5 Å². The van der Waals surface area contributed by atoms with E-state index in [2.05, 4.69) is 62.3 Å². The molecule has 0 bridgehead atoms. The van der Waals surface area contributed by atoms with Crippen LogP contribution in [0.2, 0.25) is 0 Å². The lowest BCUT2D eigenvalue weighted by Crippen LogP contribution is -2.69. The Labute approximate surface area is 206 Å². The molecule has 0 aliphatic carbocycles. The Hall–Kier alpha value is -3.12. The minimum Gasteiger partial charge on any atom is -0.356 e. The molecule has 3 aliphatic heterocycles. The second-order valence-electron chi connectivity index (χ2n) is 11.8. The van der Waals surface area contributed by atoms with Crippen LogP contribution < -0.4 is 5.32 Å². The van der Waals surface area contributed by atoms with Crippen molar-refractivity contribution in [1.29, 1.82) is 0 Å². The lowest BCUT2D eigenvalue weighted by molar-refractivity contribution is -0.162. The van der Waals surface area contributed by atoms with E-state index in [1.54, 1.807) is 0 Å². The number of aromatic nitrogens is 1. The summed E-state index contributed by atoms with van der Waals surface area (Å²) in [6, 6.07) is 17.6. The van der Waals surface area contributed by atoms with Crippen LogP contribution in [-0.2, 0) is 16.0 Å². The van der Waals surface area contributed by atoms with Crippen LogP contribution in [0.25, 0.3) is 10.9 Å². The van der Waals surface area contributed by atoms with Gasteiger partial charge in [0, 0.05) is 40.1 Å². The molecule has 3 aromatic rings. The largest absolute Gasteiger partial charge is 0.356 e. The number of amides is 2. The van der Waals surface area contributed by atoms with E-state index in [1.807, 2.05) is 40.1 Å². The standard InChI is InChI=1S/C29H34N4O2/c1-28(2)15-19(16-29(3,4)31-28)32-17-24(34)33-23(27(32)35)14-21-20-12-8-9-13-22(20)30-25(21)26(33)18-10-6-5-7-11-18/h5-13,19,23,26,30-31H,14-17H2,1-4H3. The zero-order valence-electron chi connectivity index (χ0n) is 21.0. The number of nitrogens with zero attached hydrogens (tertiary/aromatic N) is 2. The summed E-state index contributed by atoms with van der Waals surface area (Å²) in [5.41, 5.74) is 4.07. The van der Waals surface area contributed by atoms with Crippen LogP contribution in [0.5, 0.6) is 0 Å². The number of benzene rings is 2. The van der Waals surface area contributed by atoms with E-state index < -0.39 is 6.04 Å². The Morgan fingerprint density at radius 3 is 2.26 bits per heavy atom. The Balaban J connectivity index is 1.44. The predicted octanol–water partition coefficient (Wildman–Crippen LogP) is 4.16. The van der Waals surface area contributed by atoms with E-state index in [0.717, 1.165) is 40.6 Å². The summed E-state index contributed by atoms with van der Waals surface area (Å²) in [5.74, 6) is 0.113. The summed E-state index contributed by atoms with van der Waals surface area (Å²) >= 11 is 0. The number of carbonyl (C=O) groups excluding carboxylic acids is 2. The van der Waals surface area contributed by atoms with E-state index in [-0.39, 0.29) is 41.5 Å². The van der Waals surface area contributed by atoms with Gasteiger partial charge in [-0.15, -0.1) is 0 Å². The summed E-state index contributed by atoms with van der Waals surface area (Å²) in [5, 5.41) is 4.85. The summed E-state index contributed by atoms with van der Waals surface area (Å²) in [6.07, 6.45) is 2.22. The number of para-hydroxylation sites is 1. The Morgan fingerprint density at radius 2 is 1.54 bits per heavy atom. The molecule has 2 fully saturated rings.